The molecule has 1 amide bonds. The first-order valence-corrected chi connectivity index (χ1v) is 8.48. The number of hydrogen-bond donors (Lipinski definition) is 1. The van der Waals surface area contributed by atoms with Crippen LogP contribution in [0, 0.1) is 5.92 Å². The Morgan fingerprint density at radius 1 is 1.27 bits per heavy atom. The van der Waals surface area contributed by atoms with Gasteiger partial charge in [-0.3, -0.25) is 9.63 Å². The predicted octanol–water partition coefficient (Wildman–Crippen LogP) is 3.14. The van der Waals surface area contributed by atoms with Crippen LogP contribution in [0.15, 0.2) is 30.3 Å². The van der Waals surface area contributed by atoms with E-state index in [-0.39, 0.29) is 5.92 Å². The molecule has 1 aliphatic heterocycles. The first-order valence-electron chi connectivity index (χ1n) is 8.48. The Hall–Kier alpha value is -1.39. The van der Waals surface area contributed by atoms with Crippen molar-refractivity contribution in [3.63, 3.8) is 0 Å². The van der Waals surface area contributed by atoms with Gasteiger partial charge in [-0.05, 0) is 24.8 Å². The van der Waals surface area contributed by atoms with E-state index in [1.807, 2.05) is 35.2 Å². The molecule has 122 valence electrons. The SMILES string of the molecule is CCCC[C@H](CNOCc1ccccc1)C(=O)N1CCCC1. The summed E-state index contributed by atoms with van der Waals surface area (Å²) in [4.78, 5) is 20.1. The highest BCUT2D eigenvalue weighted by molar-refractivity contribution is 5.79. The summed E-state index contributed by atoms with van der Waals surface area (Å²) in [6, 6.07) is 10.1. The van der Waals surface area contributed by atoms with Crippen LogP contribution in [0.5, 0.6) is 0 Å². The molecule has 0 spiro atoms. The molecule has 4 heteroatoms. The minimum atomic E-state index is 0.0359. The van der Waals surface area contributed by atoms with E-state index in [9.17, 15) is 4.79 Å². The molecule has 0 bridgehead atoms. The molecule has 2 rings (SSSR count). The summed E-state index contributed by atoms with van der Waals surface area (Å²) in [5, 5.41) is 0. The molecule has 1 fully saturated rings. The lowest BCUT2D eigenvalue weighted by Crippen LogP contribution is -2.38. The number of benzene rings is 1. The van der Waals surface area contributed by atoms with Gasteiger partial charge in [0.25, 0.3) is 0 Å². The molecule has 1 aromatic rings. The van der Waals surface area contributed by atoms with Crippen molar-refractivity contribution in [2.24, 2.45) is 5.92 Å². The van der Waals surface area contributed by atoms with E-state index in [1.165, 1.54) is 0 Å². The molecular formula is C18H28N2O2. The van der Waals surface area contributed by atoms with E-state index >= 15 is 0 Å². The number of unbranched alkanes of at least 4 members (excludes halogenated alkanes) is 1. The Morgan fingerprint density at radius 3 is 2.68 bits per heavy atom. The zero-order chi connectivity index (χ0) is 15.6. The smallest absolute Gasteiger partial charge is 0.227 e. The van der Waals surface area contributed by atoms with Crippen molar-refractivity contribution in [2.45, 2.75) is 45.6 Å². The zero-order valence-corrected chi connectivity index (χ0v) is 13.6. The third-order valence-electron chi connectivity index (χ3n) is 4.19. The molecule has 1 aliphatic rings. The van der Waals surface area contributed by atoms with Crippen molar-refractivity contribution in [3.8, 4) is 0 Å². The number of nitrogens with one attached hydrogen (secondary N) is 1. The van der Waals surface area contributed by atoms with Crippen LogP contribution in [0.2, 0.25) is 0 Å². The molecule has 0 saturated carbocycles. The van der Waals surface area contributed by atoms with Crippen LogP contribution in [0.3, 0.4) is 0 Å². The summed E-state index contributed by atoms with van der Waals surface area (Å²) in [5.74, 6) is 0.329. The Labute approximate surface area is 133 Å². The molecule has 1 atom stereocenters. The van der Waals surface area contributed by atoms with Crippen LogP contribution in [-0.2, 0) is 16.2 Å². The van der Waals surface area contributed by atoms with Crippen LogP contribution in [0.1, 0.15) is 44.6 Å². The van der Waals surface area contributed by atoms with Crippen LogP contribution < -0.4 is 5.48 Å². The molecule has 1 heterocycles. The second-order valence-electron chi connectivity index (χ2n) is 5.99. The van der Waals surface area contributed by atoms with Gasteiger partial charge in [0.2, 0.25) is 5.91 Å². The minimum absolute atomic E-state index is 0.0359. The molecule has 0 radical (unpaired) electrons. The van der Waals surface area contributed by atoms with Gasteiger partial charge in [0.05, 0.1) is 12.5 Å². The van der Waals surface area contributed by atoms with Gasteiger partial charge in [-0.15, -0.1) is 0 Å². The van der Waals surface area contributed by atoms with E-state index in [2.05, 4.69) is 12.4 Å². The maximum Gasteiger partial charge on any atom is 0.227 e. The highest BCUT2D eigenvalue weighted by Crippen LogP contribution is 2.16. The largest absolute Gasteiger partial charge is 0.342 e. The van der Waals surface area contributed by atoms with Gasteiger partial charge in [0.15, 0.2) is 0 Å². The quantitative estimate of drug-likeness (QED) is 0.563. The van der Waals surface area contributed by atoms with Gasteiger partial charge in [-0.1, -0.05) is 50.1 Å². The fraction of sp³-hybridized carbons (Fsp3) is 0.611. The Kier molecular flexibility index (Phi) is 7.40. The van der Waals surface area contributed by atoms with Crippen molar-refractivity contribution >= 4 is 5.91 Å². The summed E-state index contributed by atoms with van der Waals surface area (Å²) in [6.07, 6.45) is 5.43. The maximum atomic E-state index is 12.5. The van der Waals surface area contributed by atoms with Crippen LogP contribution in [-0.4, -0.2) is 30.4 Å². The van der Waals surface area contributed by atoms with E-state index in [1.54, 1.807) is 0 Å². The third kappa shape index (κ3) is 5.43. The number of hydrogen-bond acceptors (Lipinski definition) is 3. The first-order chi connectivity index (χ1) is 10.8. The third-order valence-corrected chi connectivity index (χ3v) is 4.19. The summed E-state index contributed by atoms with van der Waals surface area (Å²) in [6.45, 7) is 5.14. The highest BCUT2D eigenvalue weighted by atomic mass is 16.6. The average Bonchev–Trinajstić information content (AvgIpc) is 3.09. The number of rotatable bonds is 9. The topological polar surface area (TPSA) is 41.6 Å². The molecule has 0 unspecified atom stereocenters. The Bertz CT molecular complexity index is 430. The molecule has 4 nitrogen and oxygen atoms in total. The van der Waals surface area contributed by atoms with Crippen molar-refractivity contribution in [1.29, 1.82) is 0 Å². The van der Waals surface area contributed by atoms with Gasteiger partial charge in [0, 0.05) is 19.6 Å². The second kappa shape index (κ2) is 9.59. The predicted molar refractivity (Wildman–Crippen MR) is 88.1 cm³/mol. The number of hydroxylamine groups is 1. The zero-order valence-electron chi connectivity index (χ0n) is 13.6. The van der Waals surface area contributed by atoms with Crippen molar-refractivity contribution in [3.05, 3.63) is 35.9 Å². The van der Waals surface area contributed by atoms with Gasteiger partial charge in [-0.25, -0.2) is 5.48 Å². The van der Waals surface area contributed by atoms with Crippen LogP contribution in [0.4, 0.5) is 0 Å². The molecule has 1 N–H and O–H groups in total. The Morgan fingerprint density at radius 2 is 2.00 bits per heavy atom. The van der Waals surface area contributed by atoms with Crippen LogP contribution >= 0.6 is 0 Å². The van der Waals surface area contributed by atoms with E-state index in [0.29, 0.717) is 19.1 Å². The van der Waals surface area contributed by atoms with E-state index < -0.39 is 0 Å². The fourth-order valence-corrected chi connectivity index (χ4v) is 2.83. The summed E-state index contributed by atoms with van der Waals surface area (Å²) in [7, 11) is 0. The van der Waals surface area contributed by atoms with Crippen LogP contribution in [0.25, 0.3) is 0 Å². The monoisotopic (exact) mass is 304 g/mol. The van der Waals surface area contributed by atoms with Gasteiger partial charge < -0.3 is 4.90 Å². The van der Waals surface area contributed by atoms with Gasteiger partial charge in [-0.2, -0.15) is 0 Å². The summed E-state index contributed by atoms with van der Waals surface area (Å²) < 4.78 is 0. The fourth-order valence-electron chi connectivity index (χ4n) is 2.83. The lowest BCUT2D eigenvalue weighted by atomic mass is 10.0. The van der Waals surface area contributed by atoms with Gasteiger partial charge >= 0.3 is 0 Å². The Balaban J connectivity index is 1.75. The summed E-state index contributed by atoms with van der Waals surface area (Å²) in [5.41, 5.74) is 4.13. The van der Waals surface area contributed by atoms with Crippen molar-refractivity contribution in [2.75, 3.05) is 19.6 Å². The number of likely N-dealkylation sites (tertiary alicyclic amines) is 1. The van der Waals surface area contributed by atoms with E-state index in [0.717, 1.165) is 50.8 Å². The minimum Gasteiger partial charge on any atom is -0.342 e. The van der Waals surface area contributed by atoms with Crippen molar-refractivity contribution < 1.29 is 9.63 Å². The molecule has 22 heavy (non-hydrogen) atoms. The number of amides is 1. The maximum absolute atomic E-state index is 12.5. The number of nitrogens with zero attached hydrogens (tertiary/aromatic N) is 1. The standard InChI is InChI=1S/C18H28N2O2/c1-2-3-11-17(18(21)20-12-7-8-13-20)14-19-22-15-16-9-5-4-6-10-16/h4-6,9-10,17,19H,2-3,7-8,11-15H2,1H3/t17-/m1/s1. The number of carbonyl (C=O) groups is 1. The molecule has 1 saturated heterocycles. The van der Waals surface area contributed by atoms with E-state index in [4.69, 9.17) is 4.84 Å². The molecule has 1 aromatic carbocycles. The lowest BCUT2D eigenvalue weighted by Gasteiger charge is -2.23. The van der Waals surface area contributed by atoms with Crippen molar-refractivity contribution in [1.82, 2.24) is 10.4 Å². The molecular weight excluding hydrogens is 276 g/mol. The second-order valence-corrected chi connectivity index (χ2v) is 5.99. The number of carbonyl (C=O) groups excluding carboxylic acids is 1. The van der Waals surface area contributed by atoms with Gasteiger partial charge in [0.1, 0.15) is 0 Å². The average molecular weight is 304 g/mol. The lowest BCUT2D eigenvalue weighted by molar-refractivity contribution is -0.135. The normalized spacial score (nSPS) is 16.0. The summed E-state index contributed by atoms with van der Waals surface area (Å²) >= 11 is 0. The first kappa shape index (κ1) is 17.0. The molecule has 0 aliphatic carbocycles. The molecule has 0 aromatic heterocycles. The highest BCUT2D eigenvalue weighted by Gasteiger charge is 2.25.